The molecule has 0 aliphatic carbocycles. The predicted octanol–water partition coefficient (Wildman–Crippen LogP) is 0.710. The topological polar surface area (TPSA) is 52.6 Å². The first-order valence-corrected chi connectivity index (χ1v) is 4.01. The quantitative estimate of drug-likeness (QED) is 0.348. The van der Waals surface area contributed by atoms with Crippen molar-refractivity contribution < 1.29 is 19.1 Å². The van der Waals surface area contributed by atoms with Crippen molar-refractivity contribution in [3.63, 3.8) is 0 Å². The van der Waals surface area contributed by atoms with E-state index in [-0.39, 0.29) is 12.2 Å². The summed E-state index contributed by atoms with van der Waals surface area (Å²) in [6, 6.07) is 0. The van der Waals surface area contributed by atoms with Gasteiger partial charge in [0.1, 0.15) is 0 Å². The van der Waals surface area contributed by atoms with Crippen molar-refractivity contribution in [2.75, 3.05) is 13.2 Å². The van der Waals surface area contributed by atoms with Crippen molar-refractivity contribution in [2.45, 2.75) is 20.0 Å². The molecule has 74 valence electrons. The highest BCUT2D eigenvalue weighted by Crippen LogP contribution is 1.97. The van der Waals surface area contributed by atoms with E-state index in [1.54, 1.807) is 6.92 Å². The van der Waals surface area contributed by atoms with Crippen molar-refractivity contribution in [2.24, 2.45) is 0 Å². The molecule has 0 radical (unpaired) electrons. The van der Waals surface area contributed by atoms with Crippen molar-refractivity contribution in [3.05, 3.63) is 12.2 Å². The van der Waals surface area contributed by atoms with Gasteiger partial charge in [-0.3, -0.25) is 4.79 Å². The molecule has 0 saturated carbocycles. The maximum absolute atomic E-state index is 10.9. The normalized spacial score (nSPS) is 11.8. The molecule has 4 nitrogen and oxygen atoms in total. The third-order valence-electron chi connectivity index (χ3n) is 1.24. The van der Waals surface area contributed by atoms with Crippen LogP contribution in [-0.4, -0.2) is 31.6 Å². The first-order valence-electron chi connectivity index (χ1n) is 4.01. The molecule has 0 saturated heterocycles. The van der Waals surface area contributed by atoms with E-state index in [1.807, 2.05) is 0 Å². The van der Waals surface area contributed by atoms with Gasteiger partial charge < -0.3 is 9.47 Å². The lowest BCUT2D eigenvalue weighted by Gasteiger charge is -2.11. The molecule has 4 heteroatoms. The Hall–Kier alpha value is -1.16. The molecule has 0 aliphatic rings. The lowest BCUT2D eigenvalue weighted by molar-refractivity contribution is -0.150. The van der Waals surface area contributed by atoms with Crippen LogP contribution in [0.25, 0.3) is 0 Å². The number of esters is 1. The van der Waals surface area contributed by atoms with Crippen LogP contribution in [0.2, 0.25) is 0 Å². The molecule has 0 rings (SSSR count). The predicted molar refractivity (Wildman–Crippen MR) is 47.3 cm³/mol. The zero-order chi connectivity index (χ0) is 10.3. The summed E-state index contributed by atoms with van der Waals surface area (Å²) in [5.41, 5.74) is 0.267. The fraction of sp³-hybridized carbons (Fsp3) is 0.556. The summed E-state index contributed by atoms with van der Waals surface area (Å²) in [6.07, 6.45) is -0.291. The molecule has 0 aromatic heterocycles. The fourth-order valence-corrected chi connectivity index (χ4v) is 0.573. The Labute approximate surface area is 77.5 Å². The van der Waals surface area contributed by atoms with Crippen LogP contribution in [0.5, 0.6) is 0 Å². The molecule has 0 amide bonds. The van der Waals surface area contributed by atoms with Gasteiger partial charge in [-0.1, -0.05) is 6.58 Å². The van der Waals surface area contributed by atoms with E-state index in [1.165, 1.54) is 6.92 Å². The van der Waals surface area contributed by atoms with E-state index < -0.39 is 12.1 Å². The molecule has 0 fully saturated rings. The van der Waals surface area contributed by atoms with Crippen LogP contribution < -0.4 is 0 Å². The third-order valence-corrected chi connectivity index (χ3v) is 1.24. The minimum atomic E-state index is -0.829. The largest absolute Gasteiger partial charge is 0.449 e. The highest BCUT2D eigenvalue weighted by Gasteiger charge is 2.13. The number of rotatable bonds is 6. The Morgan fingerprint density at radius 3 is 2.62 bits per heavy atom. The van der Waals surface area contributed by atoms with E-state index in [0.717, 1.165) is 0 Å². The Bertz CT molecular complexity index is 198. The van der Waals surface area contributed by atoms with Gasteiger partial charge in [-0.25, -0.2) is 4.79 Å². The number of carbonyl (C=O) groups excluding carboxylic acids is 2. The Morgan fingerprint density at radius 1 is 1.62 bits per heavy atom. The summed E-state index contributed by atoms with van der Waals surface area (Å²) in [5.74, 6) is -0.572. The Kier molecular flexibility index (Phi) is 5.80. The van der Waals surface area contributed by atoms with Crippen LogP contribution in [0.3, 0.4) is 0 Å². The molecular formula is C9H14O4. The molecule has 1 unspecified atom stereocenters. The molecule has 0 aromatic rings. The first kappa shape index (κ1) is 11.8. The molecular weight excluding hydrogens is 172 g/mol. The number of carbonyl (C=O) groups is 2. The molecule has 0 spiro atoms. The summed E-state index contributed by atoms with van der Waals surface area (Å²) in [6.45, 7) is 7.28. The molecule has 13 heavy (non-hydrogen) atoms. The van der Waals surface area contributed by atoms with Crippen LogP contribution in [0.15, 0.2) is 12.2 Å². The maximum Gasteiger partial charge on any atom is 0.333 e. The number of ether oxygens (including phenoxy) is 2. The van der Waals surface area contributed by atoms with Gasteiger partial charge in [0.2, 0.25) is 0 Å². The number of hydrogen-bond acceptors (Lipinski definition) is 4. The van der Waals surface area contributed by atoms with E-state index in [2.05, 4.69) is 6.58 Å². The zero-order valence-corrected chi connectivity index (χ0v) is 7.91. The van der Waals surface area contributed by atoms with E-state index in [9.17, 15) is 9.59 Å². The van der Waals surface area contributed by atoms with Crippen molar-refractivity contribution >= 4 is 12.3 Å². The third kappa shape index (κ3) is 5.14. The van der Waals surface area contributed by atoms with Gasteiger partial charge in [-0.05, 0) is 13.8 Å². The number of hydrogen-bond donors (Lipinski definition) is 0. The van der Waals surface area contributed by atoms with Gasteiger partial charge >= 0.3 is 5.97 Å². The summed E-state index contributed by atoms with van der Waals surface area (Å²) >= 11 is 0. The van der Waals surface area contributed by atoms with Crippen molar-refractivity contribution in [3.8, 4) is 0 Å². The monoisotopic (exact) mass is 186 g/mol. The van der Waals surface area contributed by atoms with E-state index in [4.69, 9.17) is 9.47 Å². The molecule has 0 aliphatic heterocycles. The van der Waals surface area contributed by atoms with Crippen molar-refractivity contribution in [1.82, 2.24) is 0 Å². The van der Waals surface area contributed by atoms with Gasteiger partial charge in [-0.2, -0.15) is 0 Å². The summed E-state index contributed by atoms with van der Waals surface area (Å²) in [4.78, 5) is 21.3. The summed E-state index contributed by atoms with van der Waals surface area (Å²) in [7, 11) is 0. The SMILES string of the molecule is C=C(C)C(=O)OC(C=O)COCC. The second-order valence-corrected chi connectivity index (χ2v) is 2.52. The maximum atomic E-state index is 10.9. The average molecular weight is 186 g/mol. The molecule has 1 atom stereocenters. The van der Waals surface area contributed by atoms with Gasteiger partial charge in [0.25, 0.3) is 0 Å². The van der Waals surface area contributed by atoms with E-state index in [0.29, 0.717) is 12.9 Å². The standard InChI is InChI=1S/C9H14O4/c1-4-12-6-8(5-10)13-9(11)7(2)3/h5,8H,2,4,6H2,1,3H3. The zero-order valence-electron chi connectivity index (χ0n) is 7.91. The van der Waals surface area contributed by atoms with E-state index >= 15 is 0 Å². The van der Waals surface area contributed by atoms with Crippen LogP contribution in [0, 0.1) is 0 Å². The summed E-state index contributed by atoms with van der Waals surface area (Å²) < 4.78 is 9.66. The minimum absolute atomic E-state index is 0.0962. The van der Waals surface area contributed by atoms with Crippen molar-refractivity contribution in [1.29, 1.82) is 0 Å². The molecule has 0 N–H and O–H groups in total. The molecule has 0 aromatic carbocycles. The van der Waals surface area contributed by atoms with Crippen LogP contribution >= 0.6 is 0 Å². The summed E-state index contributed by atoms with van der Waals surface area (Å²) in [5, 5.41) is 0. The number of aldehydes is 1. The van der Waals surface area contributed by atoms with Crippen LogP contribution in [0.1, 0.15) is 13.8 Å². The van der Waals surface area contributed by atoms with Gasteiger partial charge in [0.05, 0.1) is 6.61 Å². The smallest absolute Gasteiger partial charge is 0.333 e. The van der Waals surface area contributed by atoms with Gasteiger partial charge in [-0.15, -0.1) is 0 Å². The lowest BCUT2D eigenvalue weighted by Crippen LogP contribution is -2.25. The second kappa shape index (κ2) is 6.37. The highest BCUT2D eigenvalue weighted by atomic mass is 16.6. The van der Waals surface area contributed by atoms with Crippen LogP contribution in [-0.2, 0) is 19.1 Å². The lowest BCUT2D eigenvalue weighted by atomic mass is 10.3. The minimum Gasteiger partial charge on any atom is -0.449 e. The fourth-order valence-electron chi connectivity index (χ4n) is 0.573. The van der Waals surface area contributed by atoms with Gasteiger partial charge in [0, 0.05) is 12.2 Å². The molecule has 0 bridgehead atoms. The second-order valence-electron chi connectivity index (χ2n) is 2.52. The Morgan fingerprint density at radius 2 is 2.23 bits per heavy atom. The molecule has 0 heterocycles. The Balaban J connectivity index is 3.90. The average Bonchev–Trinajstić information content (AvgIpc) is 2.11. The van der Waals surface area contributed by atoms with Crippen LogP contribution in [0.4, 0.5) is 0 Å². The first-order chi connectivity index (χ1) is 6.11. The van der Waals surface area contributed by atoms with Gasteiger partial charge in [0.15, 0.2) is 12.4 Å². The highest BCUT2D eigenvalue weighted by molar-refractivity contribution is 5.88.